The number of benzene rings is 1. The molecule has 1 aromatic carbocycles. The molecule has 3 N–H and O–H groups in total. The first kappa shape index (κ1) is 27.4. The van der Waals surface area contributed by atoms with Gasteiger partial charge in [-0.3, -0.25) is 19.3 Å². The predicted octanol–water partition coefficient (Wildman–Crippen LogP) is 1.54. The van der Waals surface area contributed by atoms with Gasteiger partial charge in [0.05, 0.1) is 18.2 Å². The summed E-state index contributed by atoms with van der Waals surface area (Å²) in [4.78, 5) is 56.5. The molecule has 5 atom stereocenters. The summed E-state index contributed by atoms with van der Waals surface area (Å²) >= 11 is 0. The lowest BCUT2D eigenvalue weighted by Gasteiger charge is -2.39. The maximum Gasteiger partial charge on any atom is 0.408 e. The number of nitrogens with zero attached hydrogens (tertiary/aromatic N) is 4. The van der Waals surface area contributed by atoms with Crippen LogP contribution in [0.4, 0.5) is 4.79 Å². The van der Waals surface area contributed by atoms with E-state index in [1.807, 2.05) is 22.8 Å². The number of fused-ring (bicyclic) bond motifs is 2. The summed E-state index contributed by atoms with van der Waals surface area (Å²) in [6.07, 6.45) is 1.21. The van der Waals surface area contributed by atoms with Gasteiger partial charge in [-0.25, -0.2) is 4.79 Å². The zero-order valence-corrected chi connectivity index (χ0v) is 22.3. The molecule has 2 bridgehead atoms. The molecule has 3 aliphatic rings. The highest BCUT2D eigenvalue weighted by atomic mass is 16.6. The highest BCUT2D eigenvalue weighted by molar-refractivity contribution is 5.93. The Morgan fingerprint density at radius 1 is 1.29 bits per heavy atom. The van der Waals surface area contributed by atoms with E-state index in [4.69, 9.17) is 10.5 Å². The van der Waals surface area contributed by atoms with E-state index in [0.717, 1.165) is 12.0 Å². The molecule has 204 valence electrons. The van der Waals surface area contributed by atoms with Crippen LogP contribution < -0.4 is 11.1 Å². The van der Waals surface area contributed by atoms with Gasteiger partial charge in [-0.1, -0.05) is 12.1 Å². The number of likely N-dealkylation sites (tertiary alicyclic amines) is 3. The second kappa shape index (κ2) is 10.6. The molecule has 38 heavy (non-hydrogen) atoms. The molecule has 3 unspecified atom stereocenters. The Morgan fingerprint density at radius 3 is 2.66 bits per heavy atom. The highest BCUT2D eigenvalue weighted by Gasteiger charge is 2.52. The Hall–Kier alpha value is -3.65. The number of piperazine rings is 1. The van der Waals surface area contributed by atoms with Crippen LogP contribution in [0, 0.1) is 11.3 Å². The average molecular weight is 525 g/mol. The Bertz CT molecular complexity index is 1160. The summed E-state index contributed by atoms with van der Waals surface area (Å²) in [5.41, 5.74) is 5.90. The van der Waals surface area contributed by atoms with Crippen LogP contribution in [0.1, 0.15) is 68.9 Å². The van der Waals surface area contributed by atoms with Crippen molar-refractivity contribution >= 4 is 23.8 Å². The molecule has 3 saturated heterocycles. The van der Waals surface area contributed by atoms with Gasteiger partial charge in [0.2, 0.25) is 17.7 Å². The fraction of sp³-hybridized carbons (Fsp3) is 0.593. The van der Waals surface area contributed by atoms with Gasteiger partial charge < -0.3 is 25.6 Å². The zero-order valence-electron chi connectivity index (χ0n) is 22.3. The summed E-state index contributed by atoms with van der Waals surface area (Å²) in [6.45, 7) is 8.27. The molecule has 3 heterocycles. The van der Waals surface area contributed by atoms with E-state index in [1.165, 1.54) is 4.90 Å². The molecule has 11 nitrogen and oxygen atoms in total. The topological polar surface area (TPSA) is 149 Å². The van der Waals surface area contributed by atoms with Gasteiger partial charge in [0.25, 0.3) is 0 Å². The number of alkyl carbamates (subject to hydrolysis) is 1. The van der Waals surface area contributed by atoms with Crippen LogP contribution in [-0.2, 0) is 14.3 Å². The van der Waals surface area contributed by atoms with Crippen LogP contribution in [0.3, 0.4) is 0 Å². The van der Waals surface area contributed by atoms with Gasteiger partial charge in [-0.05, 0) is 64.7 Å². The Labute approximate surface area is 222 Å². The van der Waals surface area contributed by atoms with E-state index < -0.39 is 35.7 Å². The number of hydrogen-bond donors (Lipinski definition) is 2. The Balaban J connectivity index is 1.49. The molecule has 3 fully saturated rings. The predicted molar refractivity (Wildman–Crippen MR) is 137 cm³/mol. The summed E-state index contributed by atoms with van der Waals surface area (Å²) in [6, 6.07) is 6.91. The first-order valence-electron chi connectivity index (χ1n) is 13.0. The number of amides is 4. The maximum atomic E-state index is 13.5. The van der Waals surface area contributed by atoms with Crippen molar-refractivity contribution in [3.8, 4) is 6.07 Å². The minimum absolute atomic E-state index is 0.0576. The third-order valence-corrected chi connectivity index (χ3v) is 7.48. The van der Waals surface area contributed by atoms with Crippen LogP contribution in [0.5, 0.6) is 0 Å². The lowest BCUT2D eigenvalue weighted by atomic mass is 10.0. The Morgan fingerprint density at radius 2 is 2.03 bits per heavy atom. The van der Waals surface area contributed by atoms with E-state index in [1.54, 1.807) is 39.0 Å². The molecule has 0 radical (unpaired) electrons. The molecule has 0 spiro atoms. The molecule has 3 aliphatic heterocycles. The summed E-state index contributed by atoms with van der Waals surface area (Å²) in [5.74, 6) is -0.925. The van der Waals surface area contributed by atoms with Gasteiger partial charge in [-0.15, -0.1) is 0 Å². The van der Waals surface area contributed by atoms with Crippen molar-refractivity contribution in [3.05, 3.63) is 35.4 Å². The smallest absolute Gasteiger partial charge is 0.408 e. The number of primary amides is 1. The summed E-state index contributed by atoms with van der Waals surface area (Å²) in [7, 11) is 0. The van der Waals surface area contributed by atoms with E-state index in [0.29, 0.717) is 31.5 Å². The SMILES string of the molecule is C[C@@H](c1cccc(C(N)=O)c1)N1C(=O)C2C[C@H]1CN2CC(NC(=O)OC(C)(C)C)C(=O)N1CCCC1C#N. The van der Waals surface area contributed by atoms with Crippen LogP contribution in [0.2, 0.25) is 0 Å². The fourth-order valence-corrected chi connectivity index (χ4v) is 5.75. The number of nitrogens with two attached hydrogens (primary N) is 1. The number of rotatable bonds is 7. The van der Waals surface area contributed by atoms with Crippen LogP contribution in [0.25, 0.3) is 0 Å². The molecule has 11 heteroatoms. The number of ether oxygens (including phenoxy) is 1. The second-order valence-corrected chi connectivity index (χ2v) is 11.3. The molecule has 0 aliphatic carbocycles. The lowest BCUT2D eigenvalue weighted by Crippen LogP contribution is -2.59. The minimum Gasteiger partial charge on any atom is -0.444 e. The molecule has 4 rings (SSSR count). The van der Waals surface area contributed by atoms with Crippen molar-refractivity contribution in [1.82, 2.24) is 20.0 Å². The zero-order chi connectivity index (χ0) is 27.8. The van der Waals surface area contributed by atoms with E-state index in [2.05, 4.69) is 11.4 Å². The van der Waals surface area contributed by atoms with Crippen LogP contribution in [0.15, 0.2) is 24.3 Å². The molecular weight excluding hydrogens is 488 g/mol. The number of hydrogen-bond acceptors (Lipinski definition) is 7. The van der Waals surface area contributed by atoms with Gasteiger partial charge in [0, 0.05) is 31.2 Å². The first-order valence-corrected chi connectivity index (χ1v) is 13.0. The Kier molecular flexibility index (Phi) is 7.65. The quantitative estimate of drug-likeness (QED) is 0.549. The molecule has 4 amide bonds. The maximum absolute atomic E-state index is 13.5. The van der Waals surface area contributed by atoms with Crippen LogP contribution in [-0.4, -0.2) is 87.9 Å². The highest BCUT2D eigenvalue weighted by Crippen LogP contribution is 2.38. The number of nitriles is 1. The average Bonchev–Trinajstić information content (AvgIpc) is 3.56. The third kappa shape index (κ3) is 5.60. The first-order chi connectivity index (χ1) is 17.9. The van der Waals surface area contributed by atoms with Gasteiger partial charge in [-0.2, -0.15) is 5.26 Å². The number of nitrogens with one attached hydrogen (secondary N) is 1. The van der Waals surface area contributed by atoms with E-state index in [-0.39, 0.29) is 30.4 Å². The van der Waals surface area contributed by atoms with Gasteiger partial charge in [0.15, 0.2) is 0 Å². The van der Waals surface area contributed by atoms with Crippen molar-refractivity contribution < 1.29 is 23.9 Å². The van der Waals surface area contributed by atoms with Gasteiger partial charge in [0.1, 0.15) is 17.7 Å². The summed E-state index contributed by atoms with van der Waals surface area (Å²) in [5, 5.41) is 12.2. The standard InChI is InChI=1S/C27H36N6O5/c1-16(17-7-5-8-18(11-17)23(29)34)33-20-12-22(25(33)36)31(14-20)15-21(30-26(37)38-27(2,3)4)24(35)32-10-6-9-19(32)13-28/h5,7-8,11,16,19-22H,6,9-10,12,14-15H2,1-4H3,(H2,29,34)(H,30,37)/t16-,19?,20-,21?,22?/m0/s1. The van der Waals surface area contributed by atoms with Crippen molar-refractivity contribution in [3.63, 3.8) is 0 Å². The second-order valence-electron chi connectivity index (χ2n) is 11.3. The molecule has 0 saturated carbocycles. The fourth-order valence-electron chi connectivity index (χ4n) is 5.75. The van der Waals surface area contributed by atoms with E-state index >= 15 is 0 Å². The van der Waals surface area contributed by atoms with Crippen LogP contribution >= 0.6 is 0 Å². The van der Waals surface area contributed by atoms with E-state index in [9.17, 15) is 24.4 Å². The number of carbonyl (C=O) groups is 4. The van der Waals surface area contributed by atoms with Crippen molar-refractivity contribution in [2.45, 2.75) is 82.8 Å². The molecular formula is C27H36N6O5. The van der Waals surface area contributed by atoms with Gasteiger partial charge >= 0.3 is 6.09 Å². The molecule has 0 aromatic heterocycles. The monoisotopic (exact) mass is 524 g/mol. The van der Waals surface area contributed by atoms with Crippen molar-refractivity contribution in [2.24, 2.45) is 5.73 Å². The largest absolute Gasteiger partial charge is 0.444 e. The number of carbonyl (C=O) groups excluding carboxylic acids is 4. The minimum atomic E-state index is -0.955. The third-order valence-electron chi connectivity index (χ3n) is 7.48. The normalized spacial score (nSPS) is 24.7. The van der Waals surface area contributed by atoms with Crippen molar-refractivity contribution in [1.29, 1.82) is 5.26 Å². The van der Waals surface area contributed by atoms with Crippen molar-refractivity contribution in [2.75, 3.05) is 19.6 Å². The lowest BCUT2D eigenvalue weighted by molar-refractivity contribution is -0.141. The molecule has 1 aromatic rings. The summed E-state index contributed by atoms with van der Waals surface area (Å²) < 4.78 is 5.39.